The van der Waals surface area contributed by atoms with Gasteiger partial charge in [0.2, 0.25) is 0 Å². The minimum atomic E-state index is -0.366. The molecule has 0 bridgehead atoms. The van der Waals surface area contributed by atoms with Crippen LogP contribution in [0.2, 0.25) is 0 Å². The van der Waals surface area contributed by atoms with Gasteiger partial charge in [0.1, 0.15) is 0 Å². The summed E-state index contributed by atoms with van der Waals surface area (Å²) >= 11 is 0. The standard InChI is InChI=1S/C16H18N2O2/c1-12(13-6-4-3-5-7-13)17-11-15-9-8-14(10-18-15)16(19)20-2/h3-10,12,17H,11H2,1-2H3/t12-/m0/s1. The molecule has 0 amide bonds. The minimum Gasteiger partial charge on any atom is -0.465 e. The van der Waals surface area contributed by atoms with Crippen LogP contribution in [-0.4, -0.2) is 18.1 Å². The summed E-state index contributed by atoms with van der Waals surface area (Å²) in [5.41, 5.74) is 2.59. The summed E-state index contributed by atoms with van der Waals surface area (Å²) in [6, 6.07) is 14.0. The summed E-state index contributed by atoms with van der Waals surface area (Å²) in [7, 11) is 1.36. The van der Waals surface area contributed by atoms with Crippen molar-refractivity contribution < 1.29 is 9.53 Å². The monoisotopic (exact) mass is 270 g/mol. The third kappa shape index (κ3) is 3.65. The molecule has 0 spiro atoms. The fraction of sp³-hybridized carbons (Fsp3) is 0.250. The van der Waals surface area contributed by atoms with Crippen molar-refractivity contribution in [3.8, 4) is 0 Å². The molecule has 20 heavy (non-hydrogen) atoms. The van der Waals surface area contributed by atoms with E-state index in [-0.39, 0.29) is 12.0 Å². The molecule has 0 aliphatic rings. The highest BCUT2D eigenvalue weighted by atomic mass is 16.5. The Labute approximate surface area is 118 Å². The van der Waals surface area contributed by atoms with Gasteiger partial charge in [0.05, 0.1) is 18.4 Å². The number of rotatable bonds is 5. The van der Waals surface area contributed by atoms with Crippen molar-refractivity contribution in [3.05, 3.63) is 65.5 Å². The molecule has 0 saturated carbocycles. The van der Waals surface area contributed by atoms with E-state index in [1.807, 2.05) is 24.3 Å². The molecule has 0 aliphatic carbocycles. The van der Waals surface area contributed by atoms with Gasteiger partial charge in [-0.15, -0.1) is 0 Å². The average molecular weight is 270 g/mol. The number of esters is 1. The highest BCUT2D eigenvalue weighted by Gasteiger charge is 2.07. The average Bonchev–Trinajstić information content (AvgIpc) is 2.53. The van der Waals surface area contributed by atoms with Crippen LogP contribution < -0.4 is 5.32 Å². The second-order valence-corrected chi connectivity index (χ2v) is 4.54. The quantitative estimate of drug-likeness (QED) is 0.849. The Kier molecular flexibility index (Phi) is 4.85. The first-order chi connectivity index (χ1) is 9.70. The zero-order valence-electron chi connectivity index (χ0n) is 11.7. The SMILES string of the molecule is COC(=O)c1ccc(CN[C@@H](C)c2ccccc2)nc1. The van der Waals surface area contributed by atoms with Gasteiger partial charge in [-0.1, -0.05) is 30.3 Å². The Balaban J connectivity index is 1.93. The van der Waals surface area contributed by atoms with E-state index < -0.39 is 0 Å². The van der Waals surface area contributed by atoms with Crippen molar-refractivity contribution in [2.45, 2.75) is 19.5 Å². The molecule has 1 N–H and O–H groups in total. The van der Waals surface area contributed by atoms with Crippen molar-refractivity contribution in [2.75, 3.05) is 7.11 Å². The second-order valence-electron chi connectivity index (χ2n) is 4.54. The van der Waals surface area contributed by atoms with Crippen LogP contribution in [0.5, 0.6) is 0 Å². The molecule has 1 atom stereocenters. The molecule has 4 heteroatoms. The molecule has 0 saturated heterocycles. The lowest BCUT2D eigenvalue weighted by molar-refractivity contribution is 0.0600. The zero-order chi connectivity index (χ0) is 14.4. The molecular weight excluding hydrogens is 252 g/mol. The molecule has 4 nitrogen and oxygen atoms in total. The summed E-state index contributed by atoms with van der Waals surface area (Å²) in [6.07, 6.45) is 1.54. The smallest absolute Gasteiger partial charge is 0.339 e. The van der Waals surface area contributed by atoms with Crippen LogP contribution in [0.1, 0.15) is 34.6 Å². The number of pyridine rings is 1. The van der Waals surface area contributed by atoms with Crippen LogP contribution in [-0.2, 0) is 11.3 Å². The Bertz CT molecular complexity index is 552. The first kappa shape index (κ1) is 14.2. The molecule has 0 fully saturated rings. The second kappa shape index (κ2) is 6.82. The van der Waals surface area contributed by atoms with E-state index in [1.165, 1.54) is 18.9 Å². The summed E-state index contributed by atoms with van der Waals surface area (Å²) in [4.78, 5) is 15.5. The van der Waals surface area contributed by atoms with Gasteiger partial charge in [0.15, 0.2) is 0 Å². The van der Waals surface area contributed by atoms with Crippen LogP contribution in [0.4, 0.5) is 0 Å². The lowest BCUT2D eigenvalue weighted by atomic mass is 10.1. The summed E-state index contributed by atoms with van der Waals surface area (Å²) < 4.78 is 4.64. The van der Waals surface area contributed by atoms with Crippen LogP contribution in [0, 0.1) is 0 Å². The molecule has 1 heterocycles. The van der Waals surface area contributed by atoms with E-state index in [4.69, 9.17) is 0 Å². The maximum absolute atomic E-state index is 11.3. The maximum Gasteiger partial charge on any atom is 0.339 e. The van der Waals surface area contributed by atoms with Gasteiger partial charge in [-0.2, -0.15) is 0 Å². The number of benzene rings is 1. The Hall–Kier alpha value is -2.20. The topological polar surface area (TPSA) is 51.2 Å². The van der Waals surface area contributed by atoms with Crippen LogP contribution in [0.25, 0.3) is 0 Å². The first-order valence-electron chi connectivity index (χ1n) is 6.52. The van der Waals surface area contributed by atoms with Crippen molar-refractivity contribution in [3.63, 3.8) is 0 Å². The van der Waals surface area contributed by atoms with Gasteiger partial charge in [0, 0.05) is 18.8 Å². The number of nitrogens with one attached hydrogen (secondary N) is 1. The number of carbonyl (C=O) groups excluding carboxylic acids is 1. The van der Waals surface area contributed by atoms with Crippen molar-refractivity contribution in [1.82, 2.24) is 10.3 Å². The van der Waals surface area contributed by atoms with E-state index in [2.05, 4.69) is 34.1 Å². The van der Waals surface area contributed by atoms with Gasteiger partial charge in [-0.25, -0.2) is 4.79 Å². The fourth-order valence-corrected chi connectivity index (χ4v) is 1.88. The number of aromatic nitrogens is 1. The molecular formula is C16H18N2O2. The third-order valence-corrected chi connectivity index (χ3v) is 3.13. The number of methoxy groups -OCH3 is 1. The van der Waals surface area contributed by atoms with E-state index in [1.54, 1.807) is 6.07 Å². The number of nitrogens with zero attached hydrogens (tertiary/aromatic N) is 1. The van der Waals surface area contributed by atoms with Gasteiger partial charge >= 0.3 is 5.97 Å². The first-order valence-corrected chi connectivity index (χ1v) is 6.52. The highest BCUT2D eigenvalue weighted by molar-refractivity contribution is 5.88. The van der Waals surface area contributed by atoms with Crippen molar-refractivity contribution in [2.24, 2.45) is 0 Å². The van der Waals surface area contributed by atoms with Crippen molar-refractivity contribution in [1.29, 1.82) is 0 Å². The van der Waals surface area contributed by atoms with E-state index in [0.29, 0.717) is 12.1 Å². The molecule has 0 unspecified atom stereocenters. The van der Waals surface area contributed by atoms with Gasteiger partial charge in [-0.05, 0) is 24.6 Å². The fourth-order valence-electron chi connectivity index (χ4n) is 1.88. The predicted molar refractivity (Wildman–Crippen MR) is 77.3 cm³/mol. The third-order valence-electron chi connectivity index (χ3n) is 3.13. The zero-order valence-corrected chi connectivity index (χ0v) is 11.7. The molecule has 1 aromatic carbocycles. The number of ether oxygens (including phenoxy) is 1. The van der Waals surface area contributed by atoms with E-state index in [9.17, 15) is 4.79 Å². The number of hydrogen-bond donors (Lipinski definition) is 1. The highest BCUT2D eigenvalue weighted by Crippen LogP contribution is 2.12. The number of carbonyl (C=O) groups is 1. The molecule has 1 aromatic heterocycles. The van der Waals surface area contributed by atoms with Crippen molar-refractivity contribution >= 4 is 5.97 Å². The van der Waals surface area contributed by atoms with Gasteiger partial charge in [0.25, 0.3) is 0 Å². The summed E-state index contributed by atoms with van der Waals surface area (Å²) in [5.74, 6) is -0.366. The van der Waals surface area contributed by atoms with E-state index >= 15 is 0 Å². The van der Waals surface area contributed by atoms with E-state index in [0.717, 1.165) is 5.69 Å². The minimum absolute atomic E-state index is 0.248. The molecule has 0 radical (unpaired) electrons. The van der Waals surface area contributed by atoms with Crippen LogP contribution >= 0.6 is 0 Å². The lowest BCUT2D eigenvalue weighted by Crippen LogP contribution is -2.18. The lowest BCUT2D eigenvalue weighted by Gasteiger charge is -2.13. The molecule has 0 aliphatic heterocycles. The Morgan fingerprint density at radius 1 is 1.25 bits per heavy atom. The largest absolute Gasteiger partial charge is 0.465 e. The van der Waals surface area contributed by atoms with Gasteiger partial charge < -0.3 is 10.1 Å². The van der Waals surface area contributed by atoms with Crippen LogP contribution in [0.3, 0.4) is 0 Å². The normalized spacial score (nSPS) is 11.9. The summed E-state index contributed by atoms with van der Waals surface area (Å²) in [6.45, 7) is 2.76. The van der Waals surface area contributed by atoms with Gasteiger partial charge in [-0.3, -0.25) is 4.98 Å². The molecule has 2 rings (SSSR count). The predicted octanol–water partition coefficient (Wildman–Crippen LogP) is 2.72. The molecule has 104 valence electrons. The molecule has 2 aromatic rings. The Morgan fingerprint density at radius 3 is 2.60 bits per heavy atom. The number of hydrogen-bond acceptors (Lipinski definition) is 4. The Morgan fingerprint density at radius 2 is 2.00 bits per heavy atom. The maximum atomic E-state index is 11.3. The summed E-state index contributed by atoms with van der Waals surface area (Å²) in [5, 5.41) is 3.40. The van der Waals surface area contributed by atoms with Crippen LogP contribution in [0.15, 0.2) is 48.7 Å².